The van der Waals surface area contributed by atoms with E-state index in [1.165, 1.54) is 18.4 Å². The Morgan fingerprint density at radius 1 is 1.17 bits per heavy atom. The molecule has 2 aliphatic rings. The van der Waals surface area contributed by atoms with Gasteiger partial charge < -0.3 is 0 Å². The maximum absolute atomic E-state index is 4.78. The third-order valence-electron chi connectivity index (χ3n) is 4.34. The molecular weight excluding hydrogens is 288 g/mol. The van der Waals surface area contributed by atoms with Gasteiger partial charge >= 0.3 is 0 Å². The number of hydrazine groups is 2. The van der Waals surface area contributed by atoms with Crippen LogP contribution in [-0.4, -0.2) is 15.0 Å². The second-order valence-electron chi connectivity index (χ2n) is 6.09. The molecule has 3 heterocycles. The summed E-state index contributed by atoms with van der Waals surface area (Å²) in [5, 5.41) is 3.15. The van der Waals surface area contributed by atoms with Crippen LogP contribution in [0.1, 0.15) is 30.0 Å². The molecule has 3 aromatic rings. The van der Waals surface area contributed by atoms with E-state index >= 15 is 0 Å². The van der Waals surface area contributed by atoms with Crippen LogP contribution >= 0.6 is 0 Å². The highest BCUT2D eigenvalue weighted by Crippen LogP contribution is 2.40. The van der Waals surface area contributed by atoms with E-state index in [0.29, 0.717) is 12.5 Å². The van der Waals surface area contributed by atoms with Gasteiger partial charge in [0.15, 0.2) is 11.6 Å². The van der Waals surface area contributed by atoms with Gasteiger partial charge in [-0.2, -0.15) is 0 Å². The minimum absolute atomic E-state index is 0.599. The number of aromatic nitrogens is 3. The molecule has 0 atom stereocenters. The van der Waals surface area contributed by atoms with Crippen LogP contribution in [0.15, 0.2) is 42.7 Å². The van der Waals surface area contributed by atoms with Crippen molar-refractivity contribution in [3.8, 4) is 0 Å². The highest BCUT2D eigenvalue weighted by molar-refractivity contribution is 5.79. The average molecular weight is 304 g/mol. The Morgan fingerprint density at radius 3 is 3.04 bits per heavy atom. The van der Waals surface area contributed by atoms with E-state index in [4.69, 9.17) is 4.98 Å². The molecule has 23 heavy (non-hydrogen) atoms. The van der Waals surface area contributed by atoms with E-state index in [1.54, 1.807) is 0 Å². The van der Waals surface area contributed by atoms with Gasteiger partial charge in [-0.15, -0.1) is 5.53 Å². The molecule has 1 aliphatic heterocycles. The molecule has 0 saturated heterocycles. The summed E-state index contributed by atoms with van der Waals surface area (Å²) < 4.78 is 0. The van der Waals surface area contributed by atoms with E-state index in [1.807, 2.05) is 23.5 Å². The van der Waals surface area contributed by atoms with Gasteiger partial charge in [0.2, 0.25) is 0 Å². The molecule has 114 valence electrons. The monoisotopic (exact) mass is 304 g/mol. The Kier molecular flexibility index (Phi) is 2.72. The molecule has 1 aliphatic carbocycles. The Bertz CT molecular complexity index is 889. The van der Waals surface area contributed by atoms with Crippen molar-refractivity contribution in [2.45, 2.75) is 25.3 Å². The minimum atomic E-state index is 0.599. The van der Waals surface area contributed by atoms with Gasteiger partial charge in [-0.25, -0.2) is 9.97 Å². The van der Waals surface area contributed by atoms with Crippen LogP contribution in [0, 0.1) is 0 Å². The van der Waals surface area contributed by atoms with Gasteiger partial charge in [-0.05, 0) is 36.6 Å². The summed E-state index contributed by atoms with van der Waals surface area (Å²) >= 11 is 0. The second kappa shape index (κ2) is 4.89. The van der Waals surface area contributed by atoms with Crippen molar-refractivity contribution in [1.82, 2.24) is 20.5 Å². The highest BCUT2D eigenvalue weighted by atomic mass is 15.7. The van der Waals surface area contributed by atoms with Gasteiger partial charge in [0.25, 0.3) is 0 Å². The summed E-state index contributed by atoms with van der Waals surface area (Å²) in [6.45, 7) is 0.716. The van der Waals surface area contributed by atoms with Gasteiger partial charge in [-0.1, -0.05) is 12.1 Å². The van der Waals surface area contributed by atoms with Crippen molar-refractivity contribution >= 4 is 22.5 Å². The van der Waals surface area contributed by atoms with Crippen LogP contribution in [0.2, 0.25) is 0 Å². The van der Waals surface area contributed by atoms with E-state index in [9.17, 15) is 0 Å². The van der Waals surface area contributed by atoms with E-state index in [0.717, 1.165) is 28.2 Å². The number of nitrogens with one attached hydrogen (secondary N) is 2. The SMILES string of the molecule is c1cnc2ccc(CN3NNc4ncc(C5CC5)nc43)cc2c1. The fourth-order valence-electron chi connectivity index (χ4n) is 2.94. The predicted octanol–water partition coefficient (Wildman–Crippen LogP) is 2.75. The largest absolute Gasteiger partial charge is 0.285 e. The molecule has 0 spiro atoms. The zero-order valence-corrected chi connectivity index (χ0v) is 12.5. The Morgan fingerprint density at radius 2 is 2.13 bits per heavy atom. The first-order valence-corrected chi connectivity index (χ1v) is 7.87. The summed E-state index contributed by atoms with van der Waals surface area (Å²) in [5.74, 6) is 2.26. The number of rotatable bonds is 3. The van der Waals surface area contributed by atoms with Crippen LogP contribution < -0.4 is 16.0 Å². The molecule has 2 aromatic heterocycles. The second-order valence-corrected chi connectivity index (χ2v) is 6.09. The molecule has 6 heteroatoms. The summed E-state index contributed by atoms with van der Waals surface area (Å²) in [6, 6.07) is 10.4. The number of benzene rings is 1. The summed E-state index contributed by atoms with van der Waals surface area (Å²) in [5.41, 5.74) is 9.55. The lowest BCUT2D eigenvalue weighted by molar-refractivity contribution is 0.715. The van der Waals surface area contributed by atoms with Crippen molar-refractivity contribution in [2.24, 2.45) is 0 Å². The van der Waals surface area contributed by atoms with Crippen LogP contribution in [0.4, 0.5) is 11.6 Å². The first-order chi connectivity index (χ1) is 11.4. The molecule has 0 bridgehead atoms. The van der Waals surface area contributed by atoms with E-state index < -0.39 is 0 Å². The van der Waals surface area contributed by atoms with Gasteiger partial charge in [0.1, 0.15) is 0 Å². The molecular formula is C17H16N6. The van der Waals surface area contributed by atoms with Crippen molar-refractivity contribution in [1.29, 1.82) is 0 Å². The Balaban J connectivity index is 1.45. The van der Waals surface area contributed by atoms with E-state index in [-0.39, 0.29) is 0 Å². The van der Waals surface area contributed by atoms with Gasteiger partial charge in [-0.3, -0.25) is 15.4 Å². The number of nitrogens with zero attached hydrogens (tertiary/aromatic N) is 4. The van der Waals surface area contributed by atoms with Gasteiger partial charge in [0, 0.05) is 17.5 Å². The third-order valence-corrected chi connectivity index (χ3v) is 4.34. The standard InChI is InChI=1S/C17H16N6/c1-2-13-8-11(3-6-14(13)18-7-1)10-23-17-16(21-22-23)19-9-15(20-17)12-4-5-12/h1-3,6-9,12,22H,4-5,10H2,(H,19,21). The van der Waals surface area contributed by atoms with E-state index in [2.05, 4.69) is 45.2 Å². The van der Waals surface area contributed by atoms with Crippen LogP contribution in [0.5, 0.6) is 0 Å². The molecule has 1 saturated carbocycles. The zero-order chi connectivity index (χ0) is 15.2. The lowest BCUT2D eigenvalue weighted by Crippen LogP contribution is -2.35. The zero-order valence-electron chi connectivity index (χ0n) is 12.5. The first-order valence-electron chi connectivity index (χ1n) is 7.87. The van der Waals surface area contributed by atoms with Gasteiger partial charge in [0.05, 0.1) is 24.0 Å². The smallest absolute Gasteiger partial charge is 0.189 e. The number of fused-ring (bicyclic) bond motifs is 2. The fraction of sp³-hybridized carbons (Fsp3) is 0.235. The fourth-order valence-corrected chi connectivity index (χ4v) is 2.94. The summed E-state index contributed by atoms with van der Waals surface area (Å²) in [7, 11) is 0. The predicted molar refractivity (Wildman–Crippen MR) is 88.7 cm³/mol. The molecule has 1 aromatic carbocycles. The highest BCUT2D eigenvalue weighted by Gasteiger charge is 2.29. The molecule has 1 fully saturated rings. The lowest BCUT2D eigenvalue weighted by atomic mass is 10.1. The minimum Gasteiger partial charge on any atom is -0.285 e. The van der Waals surface area contributed by atoms with Crippen LogP contribution in [-0.2, 0) is 6.54 Å². The third kappa shape index (κ3) is 2.27. The topological polar surface area (TPSA) is 66.0 Å². The number of hydrogen-bond donors (Lipinski definition) is 2. The Hall–Kier alpha value is -2.73. The van der Waals surface area contributed by atoms with Crippen molar-refractivity contribution in [2.75, 3.05) is 10.4 Å². The normalized spacial score (nSPS) is 16.4. The van der Waals surface area contributed by atoms with Crippen molar-refractivity contribution in [3.63, 3.8) is 0 Å². The quantitative estimate of drug-likeness (QED) is 0.775. The van der Waals surface area contributed by atoms with Crippen molar-refractivity contribution < 1.29 is 0 Å². The average Bonchev–Trinajstić information content (AvgIpc) is 3.37. The molecule has 0 radical (unpaired) electrons. The molecule has 5 rings (SSSR count). The Labute approximate surface area is 133 Å². The van der Waals surface area contributed by atoms with Crippen LogP contribution in [0.3, 0.4) is 0 Å². The summed E-state index contributed by atoms with van der Waals surface area (Å²) in [6.07, 6.45) is 6.16. The summed E-state index contributed by atoms with van der Waals surface area (Å²) in [4.78, 5) is 13.6. The maximum atomic E-state index is 4.78. The molecule has 0 unspecified atom stereocenters. The lowest BCUT2D eigenvalue weighted by Gasteiger charge is -2.17. The number of anilines is 2. The van der Waals surface area contributed by atoms with Crippen LogP contribution in [0.25, 0.3) is 10.9 Å². The molecule has 0 amide bonds. The maximum Gasteiger partial charge on any atom is 0.189 e. The molecule has 2 N–H and O–H groups in total. The molecule has 6 nitrogen and oxygen atoms in total. The van der Waals surface area contributed by atoms with Crippen molar-refractivity contribution in [3.05, 3.63) is 54.0 Å². The first kappa shape index (κ1) is 12.8. The number of hydrogen-bond acceptors (Lipinski definition) is 6. The number of pyridine rings is 1.